The van der Waals surface area contributed by atoms with E-state index in [1.807, 2.05) is 6.26 Å². The van der Waals surface area contributed by atoms with Gasteiger partial charge >= 0.3 is 34.0 Å². The van der Waals surface area contributed by atoms with Crippen molar-refractivity contribution in [2.75, 3.05) is 46.9 Å². The van der Waals surface area contributed by atoms with Crippen LogP contribution in [0.4, 0.5) is 40.0 Å². The van der Waals surface area contributed by atoms with Gasteiger partial charge < -0.3 is 34.2 Å². The number of hydrogen-bond acceptors (Lipinski definition) is 15. The van der Waals surface area contributed by atoms with Crippen LogP contribution in [0.2, 0.25) is 0 Å². The number of imidazole rings is 1. The van der Waals surface area contributed by atoms with Crippen molar-refractivity contribution in [3.8, 4) is 0 Å². The Morgan fingerprint density at radius 2 is 1.54 bits per heavy atom. The summed E-state index contributed by atoms with van der Waals surface area (Å²) in [6, 6.07) is 16.0. The van der Waals surface area contributed by atoms with E-state index in [1.165, 1.54) is 34.8 Å². The van der Waals surface area contributed by atoms with E-state index < -0.39 is 77.3 Å². The van der Waals surface area contributed by atoms with Crippen molar-refractivity contribution < 1.29 is 69.6 Å². The van der Waals surface area contributed by atoms with E-state index >= 15 is 0 Å². The zero-order valence-electron chi connectivity index (χ0n) is 28.8. The van der Waals surface area contributed by atoms with Gasteiger partial charge in [-0.25, -0.2) is 33.7 Å². The van der Waals surface area contributed by atoms with Gasteiger partial charge in [-0.3, -0.25) is 19.7 Å². The number of halogens is 3. The first kappa shape index (κ1) is 43.2. The van der Waals surface area contributed by atoms with Gasteiger partial charge in [0.1, 0.15) is 6.10 Å². The van der Waals surface area contributed by atoms with E-state index in [9.17, 15) is 36.8 Å². The van der Waals surface area contributed by atoms with Crippen molar-refractivity contribution >= 4 is 79.7 Å². The first-order valence-corrected chi connectivity index (χ1v) is 21.5. The highest BCUT2D eigenvalue weighted by Crippen LogP contribution is 2.58. The molecule has 0 spiro atoms. The Labute approximate surface area is 324 Å². The number of hydrogen-bond donors (Lipinski definition) is 6. The molecule has 1 unspecified atom stereocenters. The maximum atomic E-state index is 13.4. The van der Waals surface area contributed by atoms with Crippen molar-refractivity contribution in [1.29, 1.82) is 0 Å². The Balaban J connectivity index is 1.56. The molecule has 0 aliphatic carbocycles. The number of benzene rings is 2. The maximum absolute atomic E-state index is 13.4. The second-order valence-corrected chi connectivity index (χ2v) is 16.3. The third kappa shape index (κ3) is 12.8. The van der Waals surface area contributed by atoms with Crippen molar-refractivity contribution in [2.24, 2.45) is 0 Å². The summed E-state index contributed by atoms with van der Waals surface area (Å²) in [6.07, 6.45) is -11.3. The zero-order chi connectivity index (χ0) is 40.5. The fourth-order valence-corrected chi connectivity index (χ4v) is 7.77. The predicted octanol–water partition coefficient (Wildman–Crippen LogP) is 6.00. The largest absolute Gasteiger partial charge is 0.481 e. The lowest BCUT2D eigenvalue weighted by atomic mass is 10.1. The number of fused-ring (bicyclic) bond motifs is 1. The number of phosphoric ester groups is 1. The number of anilines is 3. The highest BCUT2D eigenvalue weighted by Gasteiger charge is 2.52. The lowest BCUT2D eigenvalue weighted by Crippen LogP contribution is -2.42. The third-order valence-corrected chi connectivity index (χ3v) is 10.9. The molecule has 6 N–H and O–H groups in total. The Morgan fingerprint density at radius 1 is 0.929 bits per heavy atom. The van der Waals surface area contributed by atoms with Crippen molar-refractivity contribution in [1.82, 2.24) is 19.5 Å². The number of amides is 2. The fraction of sp³-hybridized carbons (Fsp3) is 0.367. The van der Waals surface area contributed by atoms with Crippen LogP contribution in [0, 0.1) is 0 Å². The molecule has 1 aliphatic rings. The van der Waals surface area contributed by atoms with Gasteiger partial charge in [0.2, 0.25) is 0 Å². The van der Waals surface area contributed by atoms with Crippen molar-refractivity contribution in [3.63, 3.8) is 0 Å². The number of nitrogens with one attached hydrogen (secondary N) is 3. The standard InChI is InChI=1S/C30H34F3N7O12P2S2/c1-55-15-13-34-24-21-25(39-27(38-24)56-14-12-30(31,32)33)40(17-35-21)26-23(51-29(42)37-19-10-6-3-7-11-19)22(50-28(41)36-18-8-4-2-5-9-18)20(49-26)16-48-54(46,47)52-53(43,44)45/h2-11,17,20,22-23,26H,12-16H2,1H3,(H,36,41)(H,37,42)(H,46,47)(H,34,38,39)(H2,43,44,45)/t20-,22-,23-,26-/m1/s1. The molecule has 0 saturated carbocycles. The van der Waals surface area contributed by atoms with Crippen LogP contribution in [0.25, 0.3) is 11.2 Å². The molecule has 2 amide bonds. The van der Waals surface area contributed by atoms with Crippen LogP contribution in [0.5, 0.6) is 0 Å². The summed E-state index contributed by atoms with van der Waals surface area (Å²) in [5, 5.41) is 7.98. The molecule has 1 fully saturated rings. The van der Waals surface area contributed by atoms with Gasteiger partial charge in [-0.1, -0.05) is 48.2 Å². The van der Waals surface area contributed by atoms with Gasteiger partial charge in [-0.05, 0) is 30.5 Å². The SMILES string of the molecule is CSCCNc1nc(SCCC(F)(F)F)nc2c1ncn2[C@@H]1O[C@H](COP(=O)(O)OP(=O)(O)O)[C@@H](OC(=O)Nc2ccccc2)[C@H]1OC(=O)Nc1ccccc1. The number of nitrogens with zero attached hydrogens (tertiary/aromatic N) is 4. The topological polar surface area (TPSA) is 255 Å². The molecule has 0 radical (unpaired) electrons. The molecule has 2 aromatic carbocycles. The molecule has 304 valence electrons. The third-order valence-electron chi connectivity index (χ3n) is 7.31. The average molecular weight is 868 g/mol. The van der Waals surface area contributed by atoms with Crippen LogP contribution in [0.1, 0.15) is 12.6 Å². The molecule has 4 aromatic rings. The normalized spacial score (nSPS) is 19.6. The second-order valence-electron chi connectivity index (χ2n) is 11.4. The predicted molar refractivity (Wildman–Crippen MR) is 197 cm³/mol. The van der Waals surface area contributed by atoms with Crippen molar-refractivity contribution in [2.45, 2.75) is 42.3 Å². The maximum Gasteiger partial charge on any atom is 0.481 e. The fourth-order valence-electron chi connectivity index (χ4n) is 5.04. The average Bonchev–Trinajstić information content (AvgIpc) is 3.67. The van der Waals surface area contributed by atoms with Crippen LogP contribution >= 0.6 is 39.2 Å². The van der Waals surface area contributed by atoms with Gasteiger partial charge in [0.15, 0.2) is 40.6 Å². The minimum absolute atomic E-state index is 0.0325. The summed E-state index contributed by atoms with van der Waals surface area (Å²) in [5.41, 5.74) is 0.667. The number of thioether (sulfide) groups is 2. The van der Waals surface area contributed by atoms with Gasteiger partial charge in [0.05, 0.1) is 19.4 Å². The molecule has 2 aromatic heterocycles. The highest BCUT2D eigenvalue weighted by atomic mass is 32.2. The monoisotopic (exact) mass is 867 g/mol. The zero-order valence-corrected chi connectivity index (χ0v) is 32.3. The van der Waals surface area contributed by atoms with Gasteiger partial charge in [0, 0.05) is 29.4 Å². The van der Waals surface area contributed by atoms with Gasteiger partial charge in [0.25, 0.3) is 0 Å². The summed E-state index contributed by atoms with van der Waals surface area (Å²) < 4.78 is 90.4. The molecular weight excluding hydrogens is 833 g/mol. The molecule has 5 atom stereocenters. The highest BCUT2D eigenvalue weighted by molar-refractivity contribution is 7.99. The Hall–Kier alpha value is -3.96. The molecule has 1 aliphatic heterocycles. The van der Waals surface area contributed by atoms with Crippen LogP contribution in [0.3, 0.4) is 0 Å². The van der Waals surface area contributed by atoms with Crippen LogP contribution in [-0.4, -0.2) is 102 Å². The number of alkyl halides is 3. The number of aromatic nitrogens is 4. The smallest absolute Gasteiger partial charge is 0.439 e. The molecule has 5 rings (SSSR count). The summed E-state index contributed by atoms with van der Waals surface area (Å²) in [6.45, 7) is -0.669. The number of carbonyl (C=O) groups excluding carboxylic acids is 2. The first-order chi connectivity index (χ1) is 26.5. The van der Waals surface area contributed by atoms with Gasteiger partial charge in [-0.2, -0.15) is 29.2 Å². The van der Waals surface area contributed by atoms with E-state index in [0.717, 1.165) is 0 Å². The summed E-state index contributed by atoms with van der Waals surface area (Å²) in [4.78, 5) is 68.1. The molecule has 3 heterocycles. The summed E-state index contributed by atoms with van der Waals surface area (Å²) in [5.74, 6) is 0.343. The second kappa shape index (κ2) is 19.0. The Kier molecular flexibility index (Phi) is 14.6. The molecule has 56 heavy (non-hydrogen) atoms. The first-order valence-electron chi connectivity index (χ1n) is 16.1. The van der Waals surface area contributed by atoms with Crippen LogP contribution < -0.4 is 16.0 Å². The lowest BCUT2D eigenvalue weighted by molar-refractivity contribution is -0.129. The Morgan fingerprint density at radius 3 is 2.11 bits per heavy atom. The van der Waals surface area contributed by atoms with E-state index in [1.54, 1.807) is 48.5 Å². The summed E-state index contributed by atoms with van der Waals surface area (Å²) >= 11 is 2.22. The van der Waals surface area contributed by atoms with Gasteiger partial charge in [-0.15, -0.1) is 0 Å². The minimum Gasteiger partial charge on any atom is -0.439 e. The molecule has 26 heteroatoms. The molecule has 0 bridgehead atoms. The van der Waals surface area contributed by atoms with Crippen molar-refractivity contribution in [3.05, 3.63) is 67.0 Å². The van der Waals surface area contributed by atoms with E-state index in [4.69, 9.17) is 28.5 Å². The van der Waals surface area contributed by atoms with E-state index in [0.29, 0.717) is 29.7 Å². The quantitative estimate of drug-likeness (QED) is 0.0308. The minimum atomic E-state index is -5.56. The van der Waals surface area contributed by atoms with Crippen LogP contribution in [-0.2, 0) is 32.2 Å². The number of rotatable bonds is 17. The Bertz CT molecular complexity index is 2050. The lowest BCUT2D eigenvalue weighted by Gasteiger charge is -2.25. The number of para-hydroxylation sites is 2. The number of carbonyl (C=O) groups is 2. The molecule has 1 saturated heterocycles. The van der Waals surface area contributed by atoms with E-state index in [-0.39, 0.29) is 27.8 Å². The molecular formula is C30H34F3N7O12P2S2. The van der Waals surface area contributed by atoms with E-state index in [2.05, 4.69) is 35.2 Å². The molecule has 19 nitrogen and oxygen atoms in total. The summed E-state index contributed by atoms with van der Waals surface area (Å²) in [7, 11) is -11.1. The number of ether oxygens (including phenoxy) is 3. The number of phosphoric acid groups is 2. The van der Waals surface area contributed by atoms with Crippen LogP contribution in [0.15, 0.2) is 72.1 Å².